The summed E-state index contributed by atoms with van der Waals surface area (Å²) in [4.78, 5) is 13.8. The number of para-hydroxylation sites is 1. The van der Waals surface area contributed by atoms with Crippen molar-refractivity contribution in [3.63, 3.8) is 0 Å². The van der Waals surface area contributed by atoms with E-state index in [4.69, 9.17) is 4.42 Å². The van der Waals surface area contributed by atoms with Gasteiger partial charge in [0.05, 0.1) is 11.1 Å². The zero-order chi connectivity index (χ0) is 15.9. The van der Waals surface area contributed by atoms with Gasteiger partial charge >= 0.3 is 5.63 Å². The van der Waals surface area contributed by atoms with Crippen LogP contribution >= 0.6 is 0 Å². The summed E-state index contributed by atoms with van der Waals surface area (Å²) in [6.45, 7) is 0. The molecule has 0 aliphatic rings. The van der Waals surface area contributed by atoms with Gasteiger partial charge in [-0.3, -0.25) is 0 Å². The molecule has 0 spiro atoms. The second-order valence-corrected chi connectivity index (χ2v) is 5.17. The molecular formula is C17H14FNO3. The Hall–Kier alpha value is -2.82. The number of hydrogen-bond acceptors (Lipinski definition) is 4. The lowest BCUT2D eigenvalue weighted by atomic mass is 10.0. The molecule has 2 aromatic carbocycles. The second kappa shape index (κ2) is 5.18. The van der Waals surface area contributed by atoms with Crippen LogP contribution in [0.25, 0.3) is 22.1 Å². The lowest BCUT2D eigenvalue weighted by Gasteiger charge is -2.15. The highest BCUT2D eigenvalue weighted by Crippen LogP contribution is 2.34. The number of anilines is 1. The summed E-state index contributed by atoms with van der Waals surface area (Å²) in [6.07, 6.45) is 0. The van der Waals surface area contributed by atoms with Gasteiger partial charge in [0.1, 0.15) is 22.7 Å². The van der Waals surface area contributed by atoms with Gasteiger partial charge < -0.3 is 14.4 Å². The summed E-state index contributed by atoms with van der Waals surface area (Å²) in [5.41, 5.74) is 0.407. The van der Waals surface area contributed by atoms with Gasteiger partial charge in [0.2, 0.25) is 0 Å². The van der Waals surface area contributed by atoms with Gasteiger partial charge in [0.25, 0.3) is 0 Å². The molecule has 0 aliphatic carbocycles. The first-order valence-electron chi connectivity index (χ1n) is 6.71. The Kier molecular flexibility index (Phi) is 3.33. The summed E-state index contributed by atoms with van der Waals surface area (Å²) in [6, 6.07) is 10.9. The fourth-order valence-corrected chi connectivity index (χ4v) is 2.40. The highest BCUT2D eigenvalue weighted by molar-refractivity contribution is 5.90. The molecule has 3 aromatic rings. The molecule has 5 heteroatoms. The van der Waals surface area contributed by atoms with E-state index in [0.29, 0.717) is 22.2 Å². The van der Waals surface area contributed by atoms with Gasteiger partial charge in [-0.05, 0) is 29.8 Å². The fourth-order valence-electron chi connectivity index (χ4n) is 2.40. The van der Waals surface area contributed by atoms with Crippen LogP contribution in [0.15, 0.2) is 51.7 Å². The smallest absolute Gasteiger partial charge is 0.347 e. The zero-order valence-corrected chi connectivity index (χ0v) is 12.1. The van der Waals surface area contributed by atoms with Crippen LogP contribution in [0.5, 0.6) is 5.75 Å². The molecule has 1 N–H and O–H groups in total. The first-order valence-corrected chi connectivity index (χ1v) is 6.71. The van der Waals surface area contributed by atoms with Gasteiger partial charge in [-0.2, -0.15) is 0 Å². The summed E-state index contributed by atoms with van der Waals surface area (Å²) in [5.74, 6) is -0.568. The number of aromatic hydroxyl groups is 1. The van der Waals surface area contributed by atoms with Crippen molar-refractivity contribution in [2.75, 3.05) is 19.0 Å². The lowest BCUT2D eigenvalue weighted by Crippen LogP contribution is -2.11. The van der Waals surface area contributed by atoms with E-state index in [0.717, 1.165) is 0 Å². The van der Waals surface area contributed by atoms with Crippen molar-refractivity contribution in [3.8, 4) is 16.9 Å². The van der Waals surface area contributed by atoms with Crippen LogP contribution in [0.1, 0.15) is 0 Å². The molecule has 1 heterocycles. The van der Waals surface area contributed by atoms with Crippen LogP contribution < -0.4 is 10.5 Å². The second-order valence-electron chi connectivity index (χ2n) is 5.17. The molecule has 0 saturated heterocycles. The van der Waals surface area contributed by atoms with Crippen molar-refractivity contribution in [2.45, 2.75) is 0 Å². The Balaban J connectivity index is 2.31. The largest absolute Gasteiger partial charge is 0.506 e. The monoisotopic (exact) mass is 299 g/mol. The van der Waals surface area contributed by atoms with Gasteiger partial charge in [-0.1, -0.05) is 18.2 Å². The molecule has 0 aliphatic heterocycles. The maximum absolute atomic E-state index is 13.8. The first kappa shape index (κ1) is 14.1. The summed E-state index contributed by atoms with van der Waals surface area (Å²) in [5, 5.41) is 10.9. The van der Waals surface area contributed by atoms with E-state index in [9.17, 15) is 14.3 Å². The number of nitrogens with zero attached hydrogens (tertiary/aromatic N) is 1. The van der Waals surface area contributed by atoms with Gasteiger partial charge in [-0.25, -0.2) is 9.18 Å². The molecule has 0 saturated carbocycles. The normalized spacial score (nSPS) is 10.9. The van der Waals surface area contributed by atoms with Crippen LogP contribution in [0.2, 0.25) is 0 Å². The predicted octanol–water partition coefficient (Wildman–Crippen LogP) is 3.37. The Bertz CT molecular complexity index is 915. The van der Waals surface area contributed by atoms with Crippen molar-refractivity contribution in [1.29, 1.82) is 0 Å². The van der Waals surface area contributed by atoms with E-state index in [1.165, 1.54) is 18.2 Å². The summed E-state index contributed by atoms with van der Waals surface area (Å²) in [7, 11) is 3.40. The third-order valence-corrected chi connectivity index (χ3v) is 3.50. The van der Waals surface area contributed by atoms with Gasteiger partial charge in [0, 0.05) is 14.1 Å². The average Bonchev–Trinajstić information content (AvgIpc) is 2.48. The number of hydrogen-bond donors (Lipinski definition) is 1. The standard InChI is InChI=1S/C17H14FNO3/c1-19(2)13-9-10(7-8-12(13)18)15-16(20)11-5-3-4-6-14(11)22-17(15)21/h3-9,20H,1-2H3. The average molecular weight is 299 g/mol. The van der Waals surface area contributed by atoms with E-state index < -0.39 is 11.4 Å². The van der Waals surface area contributed by atoms with E-state index in [2.05, 4.69) is 0 Å². The first-order chi connectivity index (χ1) is 10.5. The molecule has 1 aromatic heterocycles. The molecule has 4 nitrogen and oxygen atoms in total. The molecule has 3 rings (SSSR count). The number of rotatable bonds is 2. The van der Waals surface area contributed by atoms with Crippen LogP contribution in [0, 0.1) is 5.82 Å². The Morgan fingerprint density at radius 1 is 1.14 bits per heavy atom. The molecule has 22 heavy (non-hydrogen) atoms. The maximum atomic E-state index is 13.8. The minimum absolute atomic E-state index is 0.0294. The van der Waals surface area contributed by atoms with Crippen molar-refractivity contribution >= 4 is 16.7 Å². The molecule has 0 bridgehead atoms. The Morgan fingerprint density at radius 2 is 1.86 bits per heavy atom. The van der Waals surface area contributed by atoms with Crippen molar-refractivity contribution in [1.82, 2.24) is 0 Å². The molecule has 112 valence electrons. The number of fused-ring (bicyclic) bond motifs is 1. The maximum Gasteiger partial charge on any atom is 0.347 e. The Morgan fingerprint density at radius 3 is 2.59 bits per heavy atom. The van der Waals surface area contributed by atoms with Crippen LogP contribution in [0.3, 0.4) is 0 Å². The lowest BCUT2D eigenvalue weighted by molar-refractivity contribution is 0.471. The SMILES string of the molecule is CN(C)c1cc(-c2c(O)c3ccccc3oc2=O)ccc1F. The zero-order valence-electron chi connectivity index (χ0n) is 12.1. The minimum Gasteiger partial charge on any atom is -0.506 e. The number of halogens is 1. The van der Waals surface area contributed by atoms with Gasteiger partial charge in [0.15, 0.2) is 0 Å². The summed E-state index contributed by atoms with van der Waals surface area (Å²) < 4.78 is 19.0. The van der Waals surface area contributed by atoms with Crippen molar-refractivity contribution in [3.05, 3.63) is 58.7 Å². The highest BCUT2D eigenvalue weighted by atomic mass is 19.1. The summed E-state index contributed by atoms with van der Waals surface area (Å²) >= 11 is 0. The molecule has 0 radical (unpaired) electrons. The molecular weight excluding hydrogens is 285 g/mol. The molecule has 0 atom stereocenters. The Labute approximate surface area is 126 Å². The van der Waals surface area contributed by atoms with Crippen molar-refractivity contribution in [2.24, 2.45) is 0 Å². The van der Waals surface area contributed by atoms with E-state index >= 15 is 0 Å². The van der Waals surface area contributed by atoms with E-state index in [1.807, 2.05) is 0 Å². The predicted molar refractivity (Wildman–Crippen MR) is 83.9 cm³/mol. The highest BCUT2D eigenvalue weighted by Gasteiger charge is 2.17. The number of benzene rings is 2. The van der Waals surface area contributed by atoms with Crippen LogP contribution in [0.4, 0.5) is 10.1 Å². The van der Waals surface area contributed by atoms with Crippen LogP contribution in [-0.2, 0) is 0 Å². The molecule has 0 fully saturated rings. The molecule has 0 amide bonds. The quantitative estimate of drug-likeness (QED) is 0.737. The molecule has 0 unspecified atom stereocenters. The van der Waals surface area contributed by atoms with E-state index in [-0.39, 0.29) is 11.3 Å². The fraction of sp³-hybridized carbons (Fsp3) is 0.118. The minimum atomic E-state index is -0.660. The third kappa shape index (κ3) is 2.20. The van der Waals surface area contributed by atoms with E-state index in [1.54, 1.807) is 43.3 Å². The van der Waals surface area contributed by atoms with Crippen LogP contribution in [-0.4, -0.2) is 19.2 Å². The van der Waals surface area contributed by atoms with Crippen molar-refractivity contribution < 1.29 is 13.9 Å². The third-order valence-electron chi connectivity index (χ3n) is 3.50. The topological polar surface area (TPSA) is 53.7 Å². The van der Waals surface area contributed by atoms with Gasteiger partial charge in [-0.15, -0.1) is 0 Å².